The molecule has 0 saturated carbocycles. The summed E-state index contributed by atoms with van der Waals surface area (Å²) in [6.07, 6.45) is 46.9. The van der Waals surface area contributed by atoms with Gasteiger partial charge in [-0.1, -0.05) is 233 Å². The predicted octanol–water partition coefficient (Wildman–Crippen LogP) is 15.3. The van der Waals surface area contributed by atoms with E-state index in [0.29, 0.717) is 26.1 Å². The maximum atomic E-state index is 12.6. The van der Waals surface area contributed by atoms with Crippen molar-refractivity contribution in [2.45, 2.75) is 271 Å². The number of hydrogen-bond acceptors (Lipinski definition) is 5. The van der Waals surface area contributed by atoms with Crippen molar-refractivity contribution in [2.24, 2.45) is 0 Å². The van der Waals surface area contributed by atoms with Crippen LogP contribution in [0.25, 0.3) is 0 Å². The first-order valence-corrected chi connectivity index (χ1v) is 23.6. The summed E-state index contributed by atoms with van der Waals surface area (Å²) in [6, 6.07) is 0. The largest absolute Gasteiger partial charge is 0.462 e. The standard InChI is InChI=1S/C47H92O5/c1-4-7-10-13-16-18-20-21-22-23-24-25-26-27-28-29-32-34-37-40-46(48)51-44-45(52-47(49)41-38-35-31-15-12-9-6-3)43-50-42-39-36-33-30-19-17-14-11-8-5-2/h45H,4-44H2,1-3H3. The SMILES string of the molecule is CCCCCCCCCCCCCCCCCCCCCC(=O)OCC(COCCCCCCCCCCCC)OC(=O)CCCCCCCCC. The smallest absolute Gasteiger partial charge is 0.306 e. The highest BCUT2D eigenvalue weighted by atomic mass is 16.6. The average molecular weight is 737 g/mol. The van der Waals surface area contributed by atoms with Crippen LogP contribution in [0.3, 0.4) is 0 Å². The molecule has 1 unspecified atom stereocenters. The highest BCUT2D eigenvalue weighted by molar-refractivity contribution is 5.70. The molecule has 0 aliphatic rings. The van der Waals surface area contributed by atoms with Crippen LogP contribution in [0.1, 0.15) is 265 Å². The highest BCUT2D eigenvalue weighted by Gasteiger charge is 2.17. The minimum absolute atomic E-state index is 0.0960. The van der Waals surface area contributed by atoms with Crippen molar-refractivity contribution in [2.75, 3.05) is 19.8 Å². The fourth-order valence-corrected chi connectivity index (χ4v) is 7.10. The maximum Gasteiger partial charge on any atom is 0.306 e. The molecule has 0 aromatic heterocycles. The van der Waals surface area contributed by atoms with Crippen molar-refractivity contribution in [3.05, 3.63) is 0 Å². The van der Waals surface area contributed by atoms with Gasteiger partial charge in [0.15, 0.2) is 6.10 Å². The molecule has 0 bridgehead atoms. The molecule has 0 aromatic carbocycles. The third kappa shape index (κ3) is 41.7. The van der Waals surface area contributed by atoms with Crippen molar-refractivity contribution in [3.8, 4) is 0 Å². The van der Waals surface area contributed by atoms with Gasteiger partial charge in [0, 0.05) is 19.4 Å². The zero-order valence-corrected chi connectivity index (χ0v) is 35.6. The summed E-state index contributed by atoms with van der Waals surface area (Å²) in [6.45, 7) is 7.84. The number of ether oxygens (including phenoxy) is 3. The molecular weight excluding hydrogens is 645 g/mol. The predicted molar refractivity (Wildman–Crippen MR) is 224 cm³/mol. The zero-order valence-electron chi connectivity index (χ0n) is 35.6. The minimum Gasteiger partial charge on any atom is -0.462 e. The molecule has 0 radical (unpaired) electrons. The molecule has 0 aliphatic heterocycles. The lowest BCUT2D eigenvalue weighted by atomic mass is 10.0. The van der Waals surface area contributed by atoms with Crippen molar-refractivity contribution < 1.29 is 23.8 Å². The van der Waals surface area contributed by atoms with E-state index in [0.717, 1.165) is 32.1 Å². The molecule has 0 saturated heterocycles. The van der Waals surface area contributed by atoms with Crippen LogP contribution in [-0.4, -0.2) is 37.9 Å². The van der Waals surface area contributed by atoms with Gasteiger partial charge in [-0.15, -0.1) is 0 Å². The number of rotatable bonds is 44. The molecule has 0 heterocycles. The zero-order chi connectivity index (χ0) is 37.8. The van der Waals surface area contributed by atoms with Crippen LogP contribution < -0.4 is 0 Å². The van der Waals surface area contributed by atoms with Gasteiger partial charge in [-0.05, 0) is 19.3 Å². The van der Waals surface area contributed by atoms with E-state index >= 15 is 0 Å². The van der Waals surface area contributed by atoms with Gasteiger partial charge in [0.1, 0.15) is 6.61 Å². The maximum absolute atomic E-state index is 12.6. The van der Waals surface area contributed by atoms with Crippen LogP contribution in [-0.2, 0) is 23.8 Å². The van der Waals surface area contributed by atoms with Gasteiger partial charge in [-0.3, -0.25) is 9.59 Å². The summed E-state index contributed by atoms with van der Waals surface area (Å²) in [5, 5.41) is 0. The van der Waals surface area contributed by atoms with Gasteiger partial charge in [-0.25, -0.2) is 0 Å². The van der Waals surface area contributed by atoms with Crippen LogP contribution in [0.15, 0.2) is 0 Å². The van der Waals surface area contributed by atoms with Crippen molar-refractivity contribution in [1.29, 1.82) is 0 Å². The van der Waals surface area contributed by atoms with Crippen molar-refractivity contribution >= 4 is 11.9 Å². The second-order valence-electron chi connectivity index (χ2n) is 16.0. The topological polar surface area (TPSA) is 61.8 Å². The first-order chi connectivity index (χ1) is 25.6. The van der Waals surface area contributed by atoms with Crippen LogP contribution in [0.2, 0.25) is 0 Å². The van der Waals surface area contributed by atoms with E-state index < -0.39 is 6.10 Å². The number of carbonyl (C=O) groups excluding carboxylic acids is 2. The summed E-state index contributed by atoms with van der Waals surface area (Å²) in [7, 11) is 0. The van der Waals surface area contributed by atoms with Crippen molar-refractivity contribution in [1.82, 2.24) is 0 Å². The van der Waals surface area contributed by atoms with Gasteiger partial charge in [0.2, 0.25) is 0 Å². The monoisotopic (exact) mass is 737 g/mol. The average Bonchev–Trinajstić information content (AvgIpc) is 3.14. The van der Waals surface area contributed by atoms with Gasteiger partial charge in [0.25, 0.3) is 0 Å². The van der Waals surface area contributed by atoms with Crippen LogP contribution in [0.4, 0.5) is 0 Å². The summed E-state index contributed by atoms with van der Waals surface area (Å²) >= 11 is 0. The summed E-state index contributed by atoms with van der Waals surface area (Å²) in [5.41, 5.74) is 0. The number of carbonyl (C=O) groups is 2. The molecule has 0 aliphatic carbocycles. The fraction of sp³-hybridized carbons (Fsp3) is 0.957. The van der Waals surface area contributed by atoms with E-state index in [1.54, 1.807) is 0 Å². The number of hydrogen-bond donors (Lipinski definition) is 0. The fourth-order valence-electron chi connectivity index (χ4n) is 7.10. The van der Waals surface area contributed by atoms with E-state index in [1.165, 1.54) is 199 Å². The third-order valence-corrected chi connectivity index (χ3v) is 10.6. The molecule has 0 rings (SSSR count). The van der Waals surface area contributed by atoms with Gasteiger partial charge in [0.05, 0.1) is 6.61 Å². The Morgan fingerprint density at radius 1 is 0.346 bits per heavy atom. The Labute approximate surface area is 325 Å². The normalized spacial score (nSPS) is 12.0. The van der Waals surface area contributed by atoms with E-state index in [-0.39, 0.29) is 18.5 Å². The second kappa shape index (κ2) is 44.3. The minimum atomic E-state index is -0.519. The van der Waals surface area contributed by atoms with Crippen molar-refractivity contribution in [3.63, 3.8) is 0 Å². The Morgan fingerprint density at radius 3 is 0.981 bits per heavy atom. The highest BCUT2D eigenvalue weighted by Crippen LogP contribution is 2.16. The van der Waals surface area contributed by atoms with Gasteiger partial charge < -0.3 is 14.2 Å². The second-order valence-corrected chi connectivity index (χ2v) is 16.0. The molecule has 52 heavy (non-hydrogen) atoms. The van der Waals surface area contributed by atoms with Crippen LogP contribution >= 0.6 is 0 Å². The first kappa shape index (κ1) is 50.9. The van der Waals surface area contributed by atoms with Gasteiger partial charge in [-0.2, -0.15) is 0 Å². The van der Waals surface area contributed by atoms with Gasteiger partial charge >= 0.3 is 11.9 Å². The van der Waals surface area contributed by atoms with E-state index in [1.807, 2.05) is 0 Å². The van der Waals surface area contributed by atoms with Crippen LogP contribution in [0.5, 0.6) is 0 Å². The molecular formula is C47H92O5. The Hall–Kier alpha value is -1.10. The van der Waals surface area contributed by atoms with E-state index in [4.69, 9.17) is 14.2 Å². The molecule has 310 valence electrons. The Kier molecular flexibility index (Phi) is 43.4. The summed E-state index contributed by atoms with van der Waals surface area (Å²) < 4.78 is 17.2. The number of esters is 2. The van der Waals surface area contributed by atoms with Crippen LogP contribution in [0, 0.1) is 0 Å². The molecule has 0 amide bonds. The lowest BCUT2D eigenvalue weighted by Crippen LogP contribution is -2.30. The molecule has 0 aromatic rings. The molecule has 0 spiro atoms. The Bertz CT molecular complexity index is 710. The van der Waals surface area contributed by atoms with E-state index in [9.17, 15) is 9.59 Å². The molecule has 5 heteroatoms. The summed E-state index contributed by atoms with van der Waals surface area (Å²) in [5.74, 6) is -0.384. The molecule has 0 fully saturated rings. The van der Waals surface area contributed by atoms with E-state index in [2.05, 4.69) is 20.8 Å². The molecule has 1 atom stereocenters. The Morgan fingerprint density at radius 2 is 0.635 bits per heavy atom. The lowest BCUT2D eigenvalue weighted by molar-refractivity contribution is -0.163. The third-order valence-electron chi connectivity index (χ3n) is 10.6. The summed E-state index contributed by atoms with van der Waals surface area (Å²) in [4.78, 5) is 25.1. The number of unbranched alkanes of at least 4 members (excludes halogenated alkanes) is 33. The lowest BCUT2D eigenvalue weighted by Gasteiger charge is -2.18. The first-order valence-electron chi connectivity index (χ1n) is 23.6. The quantitative estimate of drug-likeness (QED) is 0.0460. The molecule has 5 nitrogen and oxygen atoms in total. The Balaban J connectivity index is 4.00. The molecule has 0 N–H and O–H groups in total.